The van der Waals surface area contributed by atoms with E-state index in [9.17, 15) is 4.79 Å². The number of primary amides is 1. The van der Waals surface area contributed by atoms with Crippen molar-refractivity contribution < 1.29 is 4.79 Å². The lowest BCUT2D eigenvalue weighted by molar-refractivity contribution is -0.125. The summed E-state index contributed by atoms with van der Waals surface area (Å²) in [4.78, 5) is 21.6. The zero-order valence-electron chi connectivity index (χ0n) is 10.1. The number of amides is 1. The van der Waals surface area contributed by atoms with E-state index in [-0.39, 0.29) is 11.9 Å². The summed E-state index contributed by atoms with van der Waals surface area (Å²) in [5.74, 6) is 0.778. The van der Waals surface area contributed by atoms with Gasteiger partial charge in [0.1, 0.15) is 5.82 Å². The molecule has 4 N–H and O–H groups in total. The Morgan fingerprint density at radius 2 is 2.29 bits per heavy atom. The molecule has 1 aromatic rings. The van der Waals surface area contributed by atoms with Crippen LogP contribution >= 0.6 is 0 Å². The van der Waals surface area contributed by atoms with Crippen molar-refractivity contribution in [2.75, 3.05) is 23.7 Å². The van der Waals surface area contributed by atoms with Crippen molar-refractivity contribution in [2.24, 2.45) is 11.1 Å². The molecule has 0 aromatic carbocycles. The monoisotopic (exact) mass is 235 g/mol. The molecule has 2 heterocycles. The standard InChI is InChI=1S/C11H17N5O/c1-7-5-14-10(13)15-8(7)16-4-3-11(2,6-16)9(12)17/h5H,3-4,6H2,1-2H3,(H2,12,17)(H2,13,14,15). The van der Waals surface area contributed by atoms with E-state index in [1.165, 1.54) is 0 Å². The Kier molecular flexibility index (Phi) is 2.65. The van der Waals surface area contributed by atoms with Crippen LogP contribution in [-0.4, -0.2) is 29.0 Å². The number of nitrogen functional groups attached to an aromatic ring is 1. The third-order valence-electron chi connectivity index (χ3n) is 3.33. The summed E-state index contributed by atoms with van der Waals surface area (Å²) in [6.07, 6.45) is 2.43. The van der Waals surface area contributed by atoms with Crippen LogP contribution in [0.2, 0.25) is 0 Å². The highest BCUT2D eigenvalue weighted by molar-refractivity contribution is 5.82. The fraction of sp³-hybridized carbons (Fsp3) is 0.545. The van der Waals surface area contributed by atoms with Crippen molar-refractivity contribution in [2.45, 2.75) is 20.3 Å². The third-order valence-corrected chi connectivity index (χ3v) is 3.33. The predicted octanol–water partition coefficient (Wildman–Crippen LogP) is 0.0689. The molecule has 1 atom stereocenters. The lowest BCUT2D eigenvalue weighted by Gasteiger charge is -2.22. The van der Waals surface area contributed by atoms with Gasteiger partial charge in [-0.05, 0) is 20.3 Å². The molecule has 6 heteroatoms. The van der Waals surface area contributed by atoms with E-state index in [0.29, 0.717) is 6.54 Å². The van der Waals surface area contributed by atoms with Crippen LogP contribution in [0.15, 0.2) is 6.20 Å². The fourth-order valence-electron chi connectivity index (χ4n) is 2.11. The molecule has 0 spiro atoms. The Balaban J connectivity index is 2.26. The average Bonchev–Trinajstić information content (AvgIpc) is 2.66. The van der Waals surface area contributed by atoms with Gasteiger partial charge < -0.3 is 16.4 Å². The Labute approximate surface area is 100 Å². The van der Waals surface area contributed by atoms with E-state index < -0.39 is 5.41 Å². The molecule has 0 bridgehead atoms. The summed E-state index contributed by atoms with van der Waals surface area (Å²) in [5, 5.41) is 0. The second-order valence-corrected chi connectivity index (χ2v) is 4.83. The minimum Gasteiger partial charge on any atom is -0.369 e. The molecule has 1 aliphatic rings. The largest absolute Gasteiger partial charge is 0.369 e. The molecule has 0 radical (unpaired) electrons. The number of aromatic nitrogens is 2. The lowest BCUT2D eigenvalue weighted by atomic mass is 9.89. The third kappa shape index (κ3) is 2.02. The van der Waals surface area contributed by atoms with Gasteiger partial charge in [0.2, 0.25) is 11.9 Å². The summed E-state index contributed by atoms with van der Waals surface area (Å²) < 4.78 is 0. The molecule has 2 rings (SSSR count). The smallest absolute Gasteiger partial charge is 0.225 e. The highest BCUT2D eigenvalue weighted by Crippen LogP contribution is 2.33. The Bertz CT molecular complexity index is 461. The number of anilines is 2. The van der Waals surface area contributed by atoms with Crippen LogP contribution < -0.4 is 16.4 Å². The summed E-state index contributed by atoms with van der Waals surface area (Å²) in [5.41, 5.74) is 11.5. The fourth-order valence-corrected chi connectivity index (χ4v) is 2.11. The minimum atomic E-state index is -0.480. The van der Waals surface area contributed by atoms with Crippen LogP contribution in [0.3, 0.4) is 0 Å². The maximum atomic E-state index is 11.4. The molecule has 92 valence electrons. The van der Waals surface area contributed by atoms with Crippen LogP contribution in [0.1, 0.15) is 18.9 Å². The van der Waals surface area contributed by atoms with Gasteiger partial charge in [0, 0.05) is 24.8 Å². The van der Waals surface area contributed by atoms with Crippen LogP contribution in [0.5, 0.6) is 0 Å². The Morgan fingerprint density at radius 3 is 2.88 bits per heavy atom. The van der Waals surface area contributed by atoms with Crippen molar-refractivity contribution >= 4 is 17.7 Å². The lowest BCUT2D eigenvalue weighted by Crippen LogP contribution is -2.37. The van der Waals surface area contributed by atoms with E-state index >= 15 is 0 Å². The molecule has 1 saturated heterocycles. The number of hydrogen-bond acceptors (Lipinski definition) is 5. The first-order chi connectivity index (χ1) is 7.92. The van der Waals surface area contributed by atoms with Crippen LogP contribution in [0, 0.1) is 12.3 Å². The number of nitrogens with zero attached hydrogens (tertiary/aromatic N) is 3. The molecule has 1 aliphatic heterocycles. The Morgan fingerprint density at radius 1 is 1.59 bits per heavy atom. The number of nitrogens with two attached hydrogens (primary N) is 2. The van der Waals surface area contributed by atoms with Crippen molar-refractivity contribution in [3.63, 3.8) is 0 Å². The normalized spacial score (nSPS) is 24.0. The molecule has 6 nitrogen and oxygen atoms in total. The van der Waals surface area contributed by atoms with Crippen LogP contribution in [0.25, 0.3) is 0 Å². The Hall–Kier alpha value is -1.85. The summed E-state index contributed by atoms with van der Waals surface area (Å²) in [6.45, 7) is 5.15. The average molecular weight is 235 g/mol. The molecule has 1 amide bonds. The van der Waals surface area contributed by atoms with Crippen LogP contribution in [-0.2, 0) is 4.79 Å². The molecular formula is C11H17N5O. The van der Waals surface area contributed by atoms with Gasteiger partial charge in [-0.25, -0.2) is 4.98 Å². The van der Waals surface area contributed by atoms with Crippen LogP contribution in [0.4, 0.5) is 11.8 Å². The molecule has 1 fully saturated rings. The number of carbonyl (C=O) groups is 1. The van der Waals surface area contributed by atoms with E-state index in [1.807, 2.05) is 18.7 Å². The SMILES string of the molecule is Cc1cnc(N)nc1N1CCC(C)(C(N)=O)C1. The van der Waals surface area contributed by atoms with Gasteiger partial charge in [-0.2, -0.15) is 4.98 Å². The van der Waals surface area contributed by atoms with Gasteiger partial charge in [0.25, 0.3) is 0 Å². The molecule has 1 unspecified atom stereocenters. The van der Waals surface area contributed by atoms with Crippen molar-refractivity contribution in [1.82, 2.24) is 9.97 Å². The predicted molar refractivity (Wildman–Crippen MR) is 65.3 cm³/mol. The second-order valence-electron chi connectivity index (χ2n) is 4.83. The van der Waals surface area contributed by atoms with Gasteiger partial charge >= 0.3 is 0 Å². The topological polar surface area (TPSA) is 98.1 Å². The van der Waals surface area contributed by atoms with Gasteiger partial charge in [-0.3, -0.25) is 4.79 Å². The quantitative estimate of drug-likeness (QED) is 0.755. The first kappa shape index (κ1) is 11.6. The second kappa shape index (κ2) is 3.87. The number of carbonyl (C=O) groups excluding carboxylic acids is 1. The highest BCUT2D eigenvalue weighted by atomic mass is 16.1. The van der Waals surface area contributed by atoms with Gasteiger partial charge in [0.15, 0.2) is 0 Å². The highest BCUT2D eigenvalue weighted by Gasteiger charge is 2.39. The molecule has 1 aromatic heterocycles. The molecule has 0 saturated carbocycles. The number of rotatable bonds is 2. The van der Waals surface area contributed by atoms with E-state index in [2.05, 4.69) is 9.97 Å². The van der Waals surface area contributed by atoms with Gasteiger partial charge in [-0.15, -0.1) is 0 Å². The minimum absolute atomic E-state index is 0.248. The zero-order chi connectivity index (χ0) is 12.6. The number of hydrogen-bond donors (Lipinski definition) is 2. The van der Waals surface area contributed by atoms with E-state index in [4.69, 9.17) is 11.5 Å². The maximum absolute atomic E-state index is 11.4. The van der Waals surface area contributed by atoms with Crippen molar-refractivity contribution in [3.05, 3.63) is 11.8 Å². The summed E-state index contributed by atoms with van der Waals surface area (Å²) >= 11 is 0. The van der Waals surface area contributed by atoms with Gasteiger partial charge in [0.05, 0.1) is 5.41 Å². The van der Waals surface area contributed by atoms with E-state index in [1.54, 1.807) is 6.20 Å². The first-order valence-corrected chi connectivity index (χ1v) is 5.56. The van der Waals surface area contributed by atoms with E-state index in [0.717, 1.165) is 24.3 Å². The zero-order valence-corrected chi connectivity index (χ0v) is 10.1. The maximum Gasteiger partial charge on any atom is 0.225 e. The molecule has 0 aliphatic carbocycles. The first-order valence-electron chi connectivity index (χ1n) is 5.56. The summed E-state index contributed by atoms with van der Waals surface area (Å²) in [7, 11) is 0. The van der Waals surface area contributed by atoms with Gasteiger partial charge in [-0.1, -0.05) is 0 Å². The number of aryl methyl sites for hydroxylation is 1. The molecule has 17 heavy (non-hydrogen) atoms. The van der Waals surface area contributed by atoms with Crippen molar-refractivity contribution in [1.29, 1.82) is 0 Å². The summed E-state index contributed by atoms with van der Waals surface area (Å²) in [6, 6.07) is 0. The van der Waals surface area contributed by atoms with Crippen molar-refractivity contribution in [3.8, 4) is 0 Å². The molecular weight excluding hydrogens is 218 g/mol.